The van der Waals surface area contributed by atoms with Gasteiger partial charge >= 0.3 is 0 Å². The van der Waals surface area contributed by atoms with Gasteiger partial charge in [-0.25, -0.2) is 0 Å². The lowest BCUT2D eigenvalue weighted by molar-refractivity contribution is -0.132. The first-order valence-electron chi connectivity index (χ1n) is 8.79. The van der Waals surface area contributed by atoms with E-state index in [1.165, 1.54) is 18.4 Å². The van der Waals surface area contributed by atoms with E-state index in [0.717, 1.165) is 25.0 Å². The highest BCUT2D eigenvalue weighted by Crippen LogP contribution is 2.26. The fourth-order valence-electron chi connectivity index (χ4n) is 3.49. The number of allylic oxidation sites excluding steroid dienone is 1. The maximum Gasteiger partial charge on any atom is 0.227 e. The van der Waals surface area contributed by atoms with E-state index >= 15 is 0 Å². The number of hydrogen-bond acceptors (Lipinski definition) is 4. The molecule has 2 aliphatic rings. The zero-order valence-corrected chi connectivity index (χ0v) is 14.3. The Kier molecular flexibility index (Phi) is 5.86. The van der Waals surface area contributed by atoms with Gasteiger partial charge in [0, 0.05) is 26.3 Å². The average Bonchev–Trinajstić information content (AvgIpc) is 3.05. The quantitative estimate of drug-likeness (QED) is 0.753. The zero-order valence-electron chi connectivity index (χ0n) is 14.3. The molecule has 5 heteroatoms. The van der Waals surface area contributed by atoms with Crippen LogP contribution in [0.5, 0.6) is 5.75 Å². The van der Waals surface area contributed by atoms with Crippen molar-refractivity contribution in [2.24, 2.45) is 0 Å². The Hall–Kier alpha value is -1.88. The smallest absolute Gasteiger partial charge is 0.227 e. The second kappa shape index (κ2) is 8.29. The highest BCUT2D eigenvalue weighted by molar-refractivity contribution is 5.79. The number of methoxy groups -OCH3 is 1. The third-order valence-corrected chi connectivity index (χ3v) is 4.87. The standard InChI is InChI=1S/C19H26N2O3/c1-23-18-11-16(14-24-17-8-5-9-20-12-17)21(13-18)19(22)10-15-6-3-2-4-7-15/h5-6,8-9,12,16,18H,2-4,7,10-11,13-14H2,1H3/t16-,18+/m0/s1. The van der Waals surface area contributed by atoms with Crippen molar-refractivity contribution in [1.29, 1.82) is 0 Å². The molecular formula is C19H26N2O3. The molecule has 1 fully saturated rings. The molecule has 24 heavy (non-hydrogen) atoms. The van der Waals surface area contributed by atoms with Crippen LogP contribution in [0.4, 0.5) is 0 Å². The maximum atomic E-state index is 12.8. The van der Waals surface area contributed by atoms with Gasteiger partial charge in [-0.15, -0.1) is 0 Å². The van der Waals surface area contributed by atoms with Gasteiger partial charge in [0.15, 0.2) is 0 Å². The first-order chi connectivity index (χ1) is 11.8. The molecule has 1 amide bonds. The van der Waals surface area contributed by atoms with E-state index < -0.39 is 0 Å². The van der Waals surface area contributed by atoms with Crippen molar-refractivity contribution in [3.63, 3.8) is 0 Å². The molecule has 0 bridgehead atoms. The molecule has 3 rings (SSSR count). The van der Waals surface area contributed by atoms with E-state index in [-0.39, 0.29) is 18.1 Å². The number of rotatable bonds is 6. The monoisotopic (exact) mass is 330 g/mol. The normalized spacial score (nSPS) is 23.9. The molecule has 1 aliphatic carbocycles. The summed E-state index contributed by atoms with van der Waals surface area (Å²) in [5, 5.41) is 0. The van der Waals surface area contributed by atoms with Crippen LogP contribution in [0.25, 0.3) is 0 Å². The first-order valence-corrected chi connectivity index (χ1v) is 8.79. The van der Waals surface area contributed by atoms with Crippen molar-refractivity contribution in [2.75, 3.05) is 20.3 Å². The molecule has 0 spiro atoms. The third-order valence-electron chi connectivity index (χ3n) is 4.87. The van der Waals surface area contributed by atoms with E-state index in [1.54, 1.807) is 19.5 Å². The summed E-state index contributed by atoms with van der Waals surface area (Å²) < 4.78 is 11.3. The van der Waals surface area contributed by atoms with Crippen LogP contribution in [0.2, 0.25) is 0 Å². The number of carbonyl (C=O) groups excluding carboxylic acids is 1. The summed E-state index contributed by atoms with van der Waals surface area (Å²) in [6.45, 7) is 1.14. The van der Waals surface area contributed by atoms with E-state index in [4.69, 9.17) is 9.47 Å². The predicted molar refractivity (Wildman–Crippen MR) is 91.8 cm³/mol. The summed E-state index contributed by atoms with van der Waals surface area (Å²) in [5.41, 5.74) is 1.29. The van der Waals surface area contributed by atoms with Gasteiger partial charge < -0.3 is 14.4 Å². The number of nitrogens with zero attached hydrogens (tertiary/aromatic N) is 2. The van der Waals surface area contributed by atoms with Gasteiger partial charge in [-0.1, -0.05) is 11.6 Å². The largest absolute Gasteiger partial charge is 0.490 e. The Morgan fingerprint density at radius 1 is 1.42 bits per heavy atom. The predicted octanol–water partition coefficient (Wildman–Crippen LogP) is 2.97. The molecule has 2 atom stereocenters. The number of amides is 1. The molecule has 0 radical (unpaired) electrons. The van der Waals surface area contributed by atoms with Gasteiger partial charge in [-0.2, -0.15) is 0 Å². The summed E-state index contributed by atoms with van der Waals surface area (Å²) in [6.07, 6.45) is 11.7. The topological polar surface area (TPSA) is 51.7 Å². The van der Waals surface area contributed by atoms with Crippen LogP contribution in [0.15, 0.2) is 36.2 Å². The number of likely N-dealkylation sites (tertiary alicyclic amines) is 1. The SMILES string of the molecule is CO[C@@H]1C[C@@H](COc2cccnc2)N(C(=O)CC2=CCCCC2)C1. The Morgan fingerprint density at radius 2 is 2.33 bits per heavy atom. The highest BCUT2D eigenvalue weighted by atomic mass is 16.5. The molecule has 0 saturated carbocycles. The third kappa shape index (κ3) is 4.35. The average molecular weight is 330 g/mol. The molecule has 0 aromatic carbocycles. The molecule has 0 unspecified atom stereocenters. The Morgan fingerprint density at radius 3 is 3.04 bits per heavy atom. The van der Waals surface area contributed by atoms with Crippen molar-refractivity contribution in [3.8, 4) is 5.75 Å². The lowest BCUT2D eigenvalue weighted by Crippen LogP contribution is -2.39. The molecule has 1 aromatic heterocycles. The molecule has 130 valence electrons. The van der Waals surface area contributed by atoms with E-state index in [0.29, 0.717) is 19.6 Å². The fraction of sp³-hybridized carbons (Fsp3) is 0.579. The number of aromatic nitrogens is 1. The van der Waals surface area contributed by atoms with Gasteiger partial charge in [0.05, 0.1) is 18.3 Å². The van der Waals surface area contributed by atoms with Crippen molar-refractivity contribution in [1.82, 2.24) is 9.88 Å². The van der Waals surface area contributed by atoms with Crippen molar-refractivity contribution in [3.05, 3.63) is 36.2 Å². The molecule has 2 heterocycles. The van der Waals surface area contributed by atoms with Crippen molar-refractivity contribution in [2.45, 2.75) is 50.7 Å². The minimum atomic E-state index is 0.0619. The molecule has 1 saturated heterocycles. The van der Waals surface area contributed by atoms with Crippen LogP contribution in [0.3, 0.4) is 0 Å². The molecule has 5 nitrogen and oxygen atoms in total. The summed E-state index contributed by atoms with van der Waals surface area (Å²) in [4.78, 5) is 18.8. The number of pyridine rings is 1. The van der Waals surface area contributed by atoms with Gasteiger partial charge in [-0.3, -0.25) is 9.78 Å². The summed E-state index contributed by atoms with van der Waals surface area (Å²) in [6, 6.07) is 3.79. The summed E-state index contributed by atoms with van der Waals surface area (Å²) >= 11 is 0. The van der Waals surface area contributed by atoms with Gasteiger partial charge in [0.2, 0.25) is 5.91 Å². The van der Waals surface area contributed by atoms with Gasteiger partial charge in [0.1, 0.15) is 12.4 Å². The minimum Gasteiger partial charge on any atom is -0.490 e. The van der Waals surface area contributed by atoms with Gasteiger partial charge in [0.25, 0.3) is 0 Å². The zero-order chi connectivity index (χ0) is 16.8. The van der Waals surface area contributed by atoms with Crippen LogP contribution in [0, 0.1) is 0 Å². The Bertz CT molecular complexity index is 573. The van der Waals surface area contributed by atoms with Crippen LogP contribution in [0.1, 0.15) is 38.5 Å². The summed E-state index contributed by atoms with van der Waals surface area (Å²) in [7, 11) is 1.71. The molecular weight excluding hydrogens is 304 g/mol. The van der Waals surface area contributed by atoms with Crippen LogP contribution < -0.4 is 4.74 Å². The van der Waals surface area contributed by atoms with E-state index in [2.05, 4.69) is 11.1 Å². The maximum absolute atomic E-state index is 12.8. The Labute approximate surface area is 143 Å². The minimum absolute atomic E-state index is 0.0619. The summed E-state index contributed by atoms with van der Waals surface area (Å²) in [5.74, 6) is 0.934. The first kappa shape index (κ1) is 17.0. The van der Waals surface area contributed by atoms with E-state index in [1.807, 2.05) is 17.0 Å². The number of ether oxygens (including phenoxy) is 2. The number of hydrogen-bond donors (Lipinski definition) is 0. The molecule has 0 N–H and O–H groups in total. The molecule has 1 aromatic rings. The van der Waals surface area contributed by atoms with Crippen molar-refractivity contribution >= 4 is 5.91 Å². The van der Waals surface area contributed by atoms with Crippen LogP contribution >= 0.6 is 0 Å². The Balaban J connectivity index is 1.60. The molecule has 1 aliphatic heterocycles. The van der Waals surface area contributed by atoms with E-state index in [9.17, 15) is 4.79 Å². The van der Waals surface area contributed by atoms with Gasteiger partial charge in [-0.05, 0) is 44.2 Å². The highest BCUT2D eigenvalue weighted by Gasteiger charge is 2.35. The second-order valence-corrected chi connectivity index (χ2v) is 6.58. The fourth-order valence-corrected chi connectivity index (χ4v) is 3.49. The van der Waals surface area contributed by atoms with Crippen LogP contribution in [-0.4, -0.2) is 48.2 Å². The van der Waals surface area contributed by atoms with Crippen LogP contribution in [-0.2, 0) is 9.53 Å². The second-order valence-electron chi connectivity index (χ2n) is 6.58. The lowest BCUT2D eigenvalue weighted by Gasteiger charge is -2.25. The number of carbonyl (C=O) groups is 1. The van der Waals surface area contributed by atoms with Crippen molar-refractivity contribution < 1.29 is 14.3 Å². The lowest BCUT2D eigenvalue weighted by atomic mass is 9.97.